The fourth-order valence-corrected chi connectivity index (χ4v) is 3.41. The van der Waals surface area contributed by atoms with Crippen LogP contribution in [-0.4, -0.2) is 11.6 Å². The smallest absolute Gasteiger partial charge is 0.333 e. The highest BCUT2D eigenvalue weighted by molar-refractivity contribution is 5.87. The van der Waals surface area contributed by atoms with E-state index in [1.165, 1.54) is 44.9 Å². The highest BCUT2D eigenvalue weighted by atomic mass is 16.6. The molecule has 0 atom stereocenters. The number of carbonyl (C=O) groups excluding carboxylic acids is 1. The molecule has 0 aliphatic heterocycles. The number of ether oxygens (including phenoxy) is 1. The maximum absolute atomic E-state index is 11.8. The van der Waals surface area contributed by atoms with Crippen molar-refractivity contribution in [3.8, 4) is 0 Å². The summed E-state index contributed by atoms with van der Waals surface area (Å²) < 4.78 is 5.82. The second kappa shape index (κ2) is 5.90. The molecule has 18 heavy (non-hydrogen) atoms. The van der Waals surface area contributed by atoms with Gasteiger partial charge in [-0.1, -0.05) is 32.3 Å². The van der Waals surface area contributed by atoms with E-state index in [0.29, 0.717) is 5.57 Å². The van der Waals surface area contributed by atoms with Gasteiger partial charge in [-0.2, -0.15) is 0 Å². The predicted octanol–water partition coefficient (Wildman–Crippen LogP) is 4.39. The van der Waals surface area contributed by atoms with Crippen molar-refractivity contribution in [3.05, 3.63) is 12.2 Å². The molecule has 102 valence electrons. The van der Waals surface area contributed by atoms with E-state index in [1.54, 1.807) is 6.92 Å². The van der Waals surface area contributed by atoms with E-state index < -0.39 is 0 Å². The second-order valence-corrected chi connectivity index (χ2v) is 6.25. The molecule has 0 aromatic heterocycles. The molecule has 0 N–H and O–H groups in total. The van der Waals surface area contributed by atoms with Crippen molar-refractivity contribution in [1.29, 1.82) is 0 Å². The van der Waals surface area contributed by atoms with Crippen LogP contribution in [0.4, 0.5) is 0 Å². The van der Waals surface area contributed by atoms with Gasteiger partial charge >= 0.3 is 5.97 Å². The maximum Gasteiger partial charge on any atom is 0.333 e. The highest BCUT2D eigenvalue weighted by Crippen LogP contribution is 2.41. The van der Waals surface area contributed by atoms with Crippen molar-refractivity contribution in [1.82, 2.24) is 0 Å². The summed E-state index contributed by atoms with van der Waals surface area (Å²) in [5.41, 5.74) is 0.368. The van der Waals surface area contributed by atoms with Crippen LogP contribution in [0.2, 0.25) is 0 Å². The Morgan fingerprint density at radius 1 is 1.06 bits per heavy atom. The van der Waals surface area contributed by atoms with Gasteiger partial charge in [0.25, 0.3) is 0 Å². The molecule has 3 aliphatic rings. The van der Waals surface area contributed by atoms with Crippen LogP contribution in [-0.2, 0) is 9.53 Å². The maximum atomic E-state index is 11.8. The molecule has 3 saturated carbocycles. The third-order valence-corrected chi connectivity index (χ3v) is 4.67. The first-order valence-corrected chi connectivity index (χ1v) is 7.50. The first kappa shape index (κ1) is 13.6. The molecule has 0 spiro atoms. The summed E-state index contributed by atoms with van der Waals surface area (Å²) in [6, 6.07) is 0. The SMILES string of the molecule is C=C(C)C(=O)OC12CCCCCCC(CC1)CC2. The van der Waals surface area contributed by atoms with E-state index in [0.717, 1.165) is 25.2 Å². The van der Waals surface area contributed by atoms with Crippen LogP contribution in [0.25, 0.3) is 0 Å². The van der Waals surface area contributed by atoms with Crippen molar-refractivity contribution in [2.75, 3.05) is 0 Å². The van der Waals surface area contributed by atoms with Gasteiger partial charge in [-0.25, -0.2) is 4.79 Å². The van der Waals surface area contributed by atoms with Crippen LogP contribution in [0.3, 0.4) is 0 Å². The molecule has 0 aromatic rings. The van der Waals surface area contributed by atoms with Gasteiger partial charge < -0.3 is 4.74 Å². The van der Waals surface area contributed by atoms with E-state index in [1.807, 2.05) is 0 Å². The third-order valence-electron chi connectivity index (χ3n) is 4.67. The first-order valence-electron chi connectivity index (χ1n) is 7.50. The average molecular weight is 250 g/mol. The second-order valence-electron chi connectivity index (χ2n) is 6.25. The van der Waals surface area contributed by atoms with Crippen molar-refractivity contribution >= 4 is 5.97 Å². The van der Waals surface area contributed by atoms with Gasteiger partial charge in [0.2, 0.25) is 0 Å². The Hall–Kier alpha value is -0.790. The van der Waals surface area contributed by atoms with E-state index in [4.69, 9.17) is 4.74 Å². The lowest BCUT2D eigenvalue weighted by atomic mass is 9.73. The van der Waals surface area contributed by atoms with Crippen LogP contribution in [0, 0.1) is 5.92 Å². The minimum atomic E-state index is -0.189. The zero-order valence-electron chi connectivity index (χ0n) is 11.7. The molecule has 2 heteroatoms. The average Bonchev–Trinajstić information content (AvgIpc) is 2.37. The summed E-state index contributed by atoms with van der Waals surface area (Å²) in [5.74, 6) is 0.685. The lowest BCUT2D eigenvalue weighted by Gasteiger charge is -2.40. The van der Waals surface area contributed by atoms with E-state index in [9.17, 15) is 4.79 Å². The minimum absolute atomic E-state index is 0.163. The lowest BCUT2D eigenvalue weighted by Crippen LogP contribution is -2.39. The zero-order chi connectivity index (χ0) is 13.0. The molecule has 2 bridgehead atoms. The van der Waals surface area contributed by atoms with Crippen LogP contribution < -0.4 is 0 Å². The Labute approximate surface area is 111 Å². The monoisotopic (exact) mass is 250 g/mol. The van der Waals surface area contributed by atoms with Gasteiger partial charge in [0.1, 0.15) is 5.60 Å². The molecular formula is C16H26O2. The quantitative estimate of drug-likeness (QED) is 0.536. The Morgan fingerprint density at radius 3 is 2.39 bits per heavy atom. The summed E-state index contributed by atoms with van der Waals surface area (Å²) in [7, 11) is 0. The third kappa shape index (κ3) is 3.37. The van der Waals surface area contributed by atoms with Gasteiger partial charge in [0.15, 0.2) is 0 Å². The van der Waals surface area contributed by atoms with E-state index in [-0.39, 0.29) is 11.6 Å². The minimum Gasteiger partial charge on any atom is -0.456 e. The molecule has 0 heterocycles. The first-order chi connectivity index (χ1) is 8.61. The number of rotatable bonds is 2. The molecule has 0 saturated heterocycles. The number of fused-ring (bicyclic) bond motifs is 7. The molecule has 0 radical (unpaired) electrons. The Balaban J connectivity index is 2.03. The van der Waals surface area contributed by atoms with Crippen LogP contribution in [0.5, 0.6) is 0 Å². The number of hydrogen-bond acceptors (Lipinski definition) is 2. The Kier molecular flexibility index (Phi) is 4.47. The zero-order valence-corrected chi connectivity index (χ0v) is 11.7. The summed E-state index contributed by atoms with van der Waals surface area (Å²) in [5, 5.41) is 0. The fourth-order valence-electron chi connectivity index (χ4n) is 3.41. The van der Waals surface area contributed by atoms with Crippen molar-refractivity contribution in [2.24, 2.45) is 5.92 Å². The fraction of sp³-hybridized carbons (Fsp3) is 0.812. The molecule has 2 nitrogen and oxygen atoms in total. The molecule has 3 aliphatic carbocycles. The van der Waals surface area contributed by atoms with Gasteiger partial charge in [0, 0.05) is 5.57 Å². The van der Waals surface area contributed by atoms with Crippen LogP contribution in [0.1, 0.15) is 71.1 Å². The number of hydrogen-bond donors (Lipinski definition) is 0. The molecule has 0 amide bonds. The normalized spacial score (nSPS) is 32.8. The number of carbonyl (C=O) groups is 1. The molecule has 3 rings (SSSR count). The molecular weight excluding hydrogens is 224 g/mol. The summed E-state index contributed by atoms with van der Waals surface area (Å²) in [4.78, 5) is 11.8. The Bertz CT molecular complexity index is 306. The number of esters is 1. The van der Waals surface area contributed by atoms with Gasteiger partial charge in [-0.05, 0) is 51.4 Å². The van der Waals surface area contributed by atoms with Gasteiger partial charge in [-0.15, -0.1) is 0 Å². The Morgan fingerprint density at radius 2 is 1.72 bits per heavy atom. The summed E-state index contributed by atoms with van der Waals surface area (Å²) in [6.07, 6.45) is 12.3. The highest BCUT2D eigenvalue weighted by Gasteiger charge is 2.38. The van der Waals surface area contributed by atoms with Crippen LogP contribution in [0.15, 0.2) is 12.2 Å². The summed E-state index contributed by atoms with van der Waals surface area (Å²) >= 11 is 0. The molecule has 0 unspecified atom stereocenters. The standard InChI is InChI=1S/C16H26O2/c1-13(2)15(17)18-16-10-6-4-3-5-7-14(8-11-16)9-12-16/h14H,1,3-12H2,2H3. The van der Waals surface area contributed by atoms with E-state index in [2.05, 4.69) is 6.58 Å². The molecule has 0 aromatic carbocycles. The van der Waals surface area contributed by atoms with Gasteiger partial charge in [-0.3, -0.25) is 0 Å². The summed E-state index contributed by atoms with van der Waals surface area (Å²) in [6.45, 7) is 5.44. The van der Waals surface area contributed by atoms with Crippen molar-refractivity contribution in [3.63, 3.8) is 0 Å². The van der Waals surface area contributed by atoms with Crippen LogP contribution >= 0.6 is 0 Å². The largest absolute Gasteiger partial charge is 0.456 e. The lowest BCUT2D eigenvalue weighted by molar-refractivity contribution is -0.161. The van der Waals surface area contributed by atoms with Crippen molar-refractivity contribution in [2.45, 2.75) is 76.7 Å². The van der Waals surface area contributed by atoms with Gasteiger partial charge in [0.05, 0.1) is 0 Å². The van der Waals surface area contributed by atoms with E-state index >= 15 is 0 Å². The predicted molar refractivity (Wildman–Crippen MR) is 73.3 cm³/mol. The molecule has 3 fully saturated rings. The topological polar surface area (TPSA) is 26.3 Å². The van der Waals surface area contributed by atoms with Crippen molar-refractivity contribution < 1.29 is 9.53 Å².